The van der Waals surface area contributed by atoms with Gasteiger partial charge in [0.25, 0.3) is 5.91 Å². The van der Waals surface area contributed by atoms with Crippen molar-refractivity contribution in [1.29, 1.82) is 0 Å². The fourth-order valence-corrected chi connectivity index (χ4v) is 4.15. The average molecular weight is 311 g/mol. The van der Waals surface area contributed by atoms with Crippen molar-refractivity contribution in [3.05, 3.63) is 35.0 Å². The van der Waals surface area contributed by atoms with E-state index < -0.39 is 0 Å². The first-order valence-corrected chi connectivity index (χ1v) is 8.87. The van der Waals surface area contributed by atoms with Crippen molar-refractivity contribution >= 4 is 16.8 Å². The molecule has 23 heavy (non-hydrogen) atoms. The summed E-state index contributed by atoms with van der Waals surface area (Å²) in [5.41, 5.74) is 4.69. The molecule has 122 valence electrons. The molecule has 4 nitrogen and oxygen atoms in total. The van der Waals surface area contributed by atoms with Crippen LogP contribution in [0.4, 0.5) is 0 Å². The highest BCUT2D eigenvalue weighted by atomic mass is 16.2. The summed E-state index contributed by atoms with van der Waals surface area (Å²) in [6.45, 7) is 1.70. The van der Waals surface area contributed by atoms with Crippen LogP contribution in [-0.4, -0.2) is 42.0 Å². The number of benzene rings is 1. The Balaban J connectivity index is 1.66. The molecule has 0 bridgehead atoms. The maximum Gasteiger partial charge on any atom is 0.255 e. The number of carbonyl (C=O) groups is 1. The molecule has 0 saturated carbocycles. The molecule has 0 spiro atoms. The second-order valence-corrected chi connectivity index (χ2v) is 6.87. The number of H-pyrrole nitrogens is 1. The third kappa shape index (κ3) is 2.55. The van der Waals surface area contributed by atoms with Gasteiger partial charge in [-0.1, -0.05) is 12.1 Å². The third-order valence-corrected chi connectivity index (χ3v) is 5.55. The molecule has 2 aromatic rings. The van der Waals surface area contributed by atoms with Crippen LogP contribution in [0.2, 0.25) is 0 Å². The molecule has 4 heteroatoms. The number of para-hydroxylation sites is 1. The molecule has 1 aromatic heterocycles. The van der Waals surface area contributed by atoms with E-state index in [0.29, 0.717) is 6.04 Å². The molecule has 2 aliphatic rings. The number of piperidine rings is 1. The minimum atomic E-state index is 0.184. The molecule has 2 N–H and O–H groups in total. The Hall–Kier alpha value is -1.81. The van der Waals surface area contributed by atoms with Crippen LogP contribution in [0.3, 0.4) is 0 Å². The Bertz CT molecular complexity index is 726. The lowest BCUT2D eigenvalue weighted by Gasteiger charge is -2.32. The first-order valence-electron chi connectivity index (χ1n) is 8.87. The summed E-state index contributed by atoms with van der Waals surface area (Å²) >= 11 is 0. The highest BCUT2D eigenvalue weighted by Gasteiger charge is 2.25. The minimum absolute atomic E-state index is 0.184. The number of hydrogen-bond donors (Lipinski definition) is 2. The van der Waals surface area contributed by atoms with Gasteiger partial charge in [-0.05, 0) is 57.2 Å². The maximum atomic E-state index is 13.0. The summed E-state index contributed by atoms with van der Waals surface area (Å²) < 4.78 is 0. The minimum Gasteiger partial charge on any atom is -0.358 e. The van der Waals surface area contributed by atoms with Crippen LogP contribution < -0.4 is 5.32 Å². The molecule has 1 aromatic carbocycles. The zero-order chi connectivity index (χ0) is 15.8. The number of hydrogen-bond acceptors (Lipinski definition) is 2. The van der Waals surface area contributed by atoms with Crippen molar-refractivity contribution in [3.63, 3.8) is 0 Å². The van der Waals surface area contributed by atoms with Gasteiger partial charge in [0.05, 0.1) is 11.1 Å². The second-order valence-electron chi connectivity index (χ2n) is 6.87. The number of rotatable bonds is 2. The van der Waals surface area contributed by atoms with E-state index in [-0.39, 0.29) is 5.91 Å². The Morgan fingerprint density at radius 2 is 2.00 bits per heavy atom. The molecule has 1 saturated heterocycles. The third-order valence-electron chi connectivity index (χ3n) is 5.55. The Morgan fingerprint density at radius 1 is 1.22 bits per heavy atom. The van der Waals surface area contributed by atoms with Gasteiger partial charge in [0, 0.05) is 30.2 Å². The van der Waals surface area contributed by atoms with Crippen molar-refractivity contribution in [2.75, 3.05) is 20.1 Å². The van der Waals surface area contributed by atoms with Gasteiger partial charge in [-0.3, -0.25) is 4.79 Å². The fourth-order valence-electron chi connectivity index (χ4n) is 4.15. The summed E-state index contributed by atoms with van der Waals surface area (Å²) in [6, 6.07) is 6.74. The number of fused-ring (bicyclic) bond motifs is 3. The highest BCUT2D eigenvalue weighted by Crippen LogP contribution is 2.31. The highest BCUT2D eigenvalue weighted by molar-refractivity contribution is 6.06. The molecule has 0 atom stereocenters. The first-order chi connectivity index (χ1) is 11.3. The van der Waals surface area contributed by atoms with Gasteiger partial charge in [-0.25, -0.2) is 0 Å². The van der Waals surface area contributed by atoms with Gasteiger partial charge < -0.3 is 15.2 Å². The van der Waals surface area contributed by atoms with E-state index in [1.54, 1.807) is 0 Å². The standard InChI is InChI=1S/C19H25N3O/c1-20-13-9-11-22(12-10-13)19(23)16-7-4-6-15-14-5-2-3-8-17(14)21-18(15)16/h4,6-7,13,20-21H,2-3,5,8-12H2,1H3. The molecule has 1 aliphatic heterocycles. The van der Waals surface area contributed by atoms with E-state index in [1.165, 1.54) is 29.5 Å². The molecule has 2 heterocycles. The molecule has 1 fully saturated rings. The molecule has 0 radical (unpaired) electrons. The van der Waals surface area contributed by atoms with Gasteiger partial charge in [0.1, 0.15) is 0 Å². The number of carbonyl (C=O) groups excluding carboxylic acids is 1. The Labute approximate surface area is 137 Å². The SMILES string of the molecule is CNC1CCN(C(=O)c2cccc3c4c([nH]c23)CCCC4)CC1. The van der Waals surface area contributed by atoms with E-state index in [0.717, 1.165) is 49.9 Å². The van der Waals surface area contributed by atoms with Gasteiger partial charge in [0.2, 0.25) is 0 Å². The van der Waals surface area contributed by atoms with Crippen molar-refractivity contribution < 1.29 is 4.79 Å². The van der Waals surface area contributed by atoms with E-state index in [2.05, 4.69) is 16.4 Å². The number of likely N-dealkylation sites (tertiary alicyclic amines) is 1. The van der Waals surface area contributed by atoms with E-state index in [4.69, 9.17) is 0 Å². The van der Waals surface area contributed by atoms with Gasteiger partial charge >= 0.3 is 0 Å². The lowest BCUT2D eigenvalue weighted by Crippen LogP contribution is -2.44. The molecule has 1 aliphatic carbocycles. The predicted molar refractivity (Wildman–Crippen MR) is 92.9 cm³/mol. The van der Waals surface area contributed by atoms with Gasteiger partial charge in [0.15, 0.2) is 0 Å². The Morgan fingerprint density at radius 3 is 2.78 bits per heavy atom. The van der Waals surface area contributed by atoms with E-state index >= 15 is 0 Å². The lowest BCUT2D eigenvalue weighted by atomic mass is 9.95. The second kappa shape index (κ2) is 6.00. The smallest absolute Gasteiger partial charge is 0.255 e. The summed E-state index contributed by atoms with van der Waals surface area (Å²) in [5.74, 6) is 0.184. The topological polar surface area (TPSA) is 48.1 Å². The Kier molecular flexibility index (Phi) is 3.85. The molecular formula is C19H25N3O. The number of aryl methyl sites for hydroxylation is 2. The number of aromatic nitrogens is 1. The average Bonchev–Trinajstić information content (AvgIpc) is 3.00. The maximum absolute atomic E-state index is 13.0. The lowest BCUT2D eigenvalue weighted by molar-refractivity contribution is 0.0709. The van der Waals surface area contributed by atoms with Crippen LogP contribution in [0, 0.1) is 0 Å². The van der Waals surface area contributed by atoms with Crippen LogP contribution >= 0.6 is 0 Å². The van der Waals surface area contributed by atoms with Crippen LogP contribution in [-0.2, 0) is 12.8 Å². The summed E-state index contributed by atoms with van der Waals surface area (Å²) in [7, 11) is 2.01. The van der Waals surface area contributed by atoms with E-state index in [9.17, 15) is 4.79 Å². The molecule has 1 amide bonds. The summed E-state index contributed by atoms with van der Waals surface area (Å²) in [6.07, 6.45) is 6.85. The van der Waals surface area contributed by atoms with E-state index in [1.807, 2.05) is 24.1 Å². The zero-order valence-corrected chi connectivity index (χ0v) is 13.8. The van der Waals surface area contributed by atoms with Crippen molar-refractivity contribution in [2.45, 2.75) is 44.6 Å². The van der Waals surface area contributed by atoms with Crippen LogP contribution in [0.15, 0.2) is 18.2 Å². The quantitative estimate of drug-likeness (QED) is 0.896. The zero-order valence-electron chi connectivity index (χ0n) is 13.8. The van der Waals surface area contributed by atoms with Crippen molar-refractivity contribution in [2.24, 2.45) is 0 Å². The summed E-state index contributed by atoms with van der Waals surface area (Å²) in [4.78, 5) is 18.6. The van der Waals surface area contributed by atoms with Crippen LogP contribution in [0.5, 0.6) is 0 Å². The first kappa shape index (κ1) is 14.8. The van der Waals surface area contributed by atoms with Crippen LogP contribution in [0.25, 0.3) is 10.9 Å². The predicted octanol–water partition coefficient (Wildman–Crippen LogP) is 2.87. The van der Waals surface area contributed by atoms with Crippen molar-refractivity contribution in [3.8, 4) is 0 Å². The van der Waals surface area contributed by atoms with Gasteiger partial charge in [-0.2, -0.15) is 0 Å². The number of amides is 1. The molecular weight excluding hydrogens is 286 g/mol. The van der Waals surface area contributed by atoms with Gasteiger partial charge in [-0.15, -0.1) is 0 Å². The largest absolute Gasteiger partial charge is 0.358 e. The fraction of sp³-hybridized carbons (Fsp3) is 0.526. The molecule has 4 rings (SSSR count). The van der Waals surface area contributed by atoms with Crippen molar-refractivity contribution in [1.82, 2.24) is 15.2 Å². The number of nitrogens with zero attached hydrogens (tertiary/aromatic N) is 1. The van der Waals surface area contributed by atoms with Crippen LogP contribution in [0.1, 0.15) is 47.3 Å². The monoisotopic (exact) mass is 311 g/mol. The normalized spacial score (nSPS) is 19.1. The molecule has 0 unspecified atom stereocenters. The number of nitrogens with one attached hydrogen (secondary N) is 2. The number of aromatic amines is 1. The summed E-state index contributed by atoms with van der Waals surface area (Å²) in [5, 5.41) is 4.58.